The molecule has 2 aromatic rings. The minimum absolute atomic E-state index is 0.186. The highest BCUT2D eigenvalue weighted by Crippen LogP contribution is 2.32. The molecule has 0 spiro atoms. The first kappa shape index (κ1) is 19.8. The Kier molecular flexibility index (Phi) is 6.15. The molecule has 4 nitrogen and oxygen atoms in total. The second kappa shape index (κ2) is 8.38. The van der Waals surface area contributed by atoms with E-state index in [1.807, 2.05) is 38.1 Å². The van der Waals surface area contributed by atoms with Gasteiger partial charge in [-0.05, 0) is 54.3 Å². The number of rotatable bonds is 5. The first-order chi connectivity index (χ1) is 12.9. The van der Waals surface area contributed by atoms with Crippen LogP contribution in [-0.4, -0.2) is 34.8 Å². The van der Waals surface area contributed by atoms with Gasteiger partial charge in [0.2, 0.25) is 6.29 Å². The molecular weight excluding hydrogens is 347 g/mol. The number of aliphatic hydroxyl groups excluding tert-OH is 2. The Balaban J connectivity index is 1.89. The van der Waals surface area contributed by atoms with Crippen LogP contribution in [0.3, 0.4) is 0 Å². The van der Waals surface area contributed by atoms with Crippen molar-refractivity contribution in [2.75, 3.05) is 0 Å². The van der Waals surface area contributed by atoms with Crippen LogP contribution in [0.1, 0.15) is 32.8 Å². The molecule has 0 unspecified atom stereocenters. The molecule has 0 amide bonds. The number of hydrogen-bond donors (Lipinski definition) is 2. The molecule has 0 saturated carbocycles. The second-order valence-corrected chi connectivity index (χ2v) is 7.25. The molecule has 1 saturated heterocycles. The second-order valence-electron chi connectivity index (χ2n) is 7.25. The third kappa shape index (κ3) is 4.32. The highest BCUT2D eigenvalue weighted by Gasteiger charge is 2.41. The highest BCUT2D eigenvalue weighted by molar-refractivity contribution is 5.69. The zero-order valence-corrected chi connectivity index (χ0v) is 15.9. The van der Waals surface area contributed by atoms with Crippen LogP contribution < -0.4 is 4.74 Å². The van der Waals surface area contributed by atoms with E-state index >= 15 is 0 Å². The van der Waals surface area contributed by atoms with Gasteiger partial charge >= 0.3 is 0 Å². The minimum atomic E-state index is -1.14. The fourth-order valence-corrected chi connectivity index (χ4v) is 3.44. The van der Waals surface area contributed by atoms with Gasteiger partial charge in [-0.3, -0.25) is 0 Å². The summed E-state index contributed by atoms with van der Waals surface area (Å²) in [6.45, 7) is 5.77. The molecule has 0 aromatic heterocycles. The first-order valence-electron chi connectivity index (χ1n) is 9.47. The SMILES string of the molecule is CCCc1ccc(O[C@@H]2O[C@@H](C)[C@H](C)[C@@H](O)[C@H]2O)cc1-c1cccc(F)c1. The number of aryl methyl sites for hydroxylation is 1. The lowest BCUT2D eigenvalue weighted by atomic mass is 9.91. The van der Waals surface area contributed by atoms with Crippen LogP contribution in [0, 0.1) is 11.7 Å². The van der Waals surface area contributed by atoms with E-state index in [1.165, 1.54) is 12.1 Å². The summed E-state index contributed by atoms with van der Waals surface area (Å²) >= 11 is 0. The molecule has 27 heavy (non-hydrogen) atoms. The molecule has 0 bridgehead atoms. The van der Waals surface area contributed by atoms with E-state index in [-0.39, 0.29) is 17.8 Å². The maximum Gasteiger partial charge on any atom is 0.228 e. The Morgan fingerprint density at radius 1 is 1.07 bits per heavy atom. The third-order valence-corrected chi connectivity index (χ3v) is 5.25. The zero-order valence-electron chi connectivity index (χ0n) is 15.9. The molecule has 1 aliphatic rings. The van der Waals surface area contributed by atoms with Gasteiger partial charge in [-0.2, -0.15) is 0 Å². The fourth-order valence-electron chi connectivity index (χ4n) is 3.44. The van der Waals surface area contributed by atoms with Gasteiger partial charge < -0.3 is 19.7 Å². The highest BCUT2D eigenvalue weighted by atomic mass is 19.1. The molecule has 0 aliphatic carbocycles. The lowest BCUT2D eigenvalue weighted by Gasteiger charge is -2.39. The van der Waals surface area contributed by atoms with Gasteiger partial charge in [0.1, 0.15) is 17.7 Å². The molecule has 2 N–H and O–H groups in total. The van der Waals surface area contributed by atoms with Crippen molar-refractivity contribution in [3.05, 3.63) is 53.8 Å². The summed E-state index contributed by atoms with van der Waals surface area (Å²) in [6, 6.07) is 12.1. The van der Waals surface area contributed by atoms with Crippen LogP contribution in [0.4, 0.5) is 4.39 Å². The van der Waals surface area contributed by atoms with Crippen LogP contribution in [-0.2, 0) is 11.2 Å². The monoisotopic (exact) mass is 374 g/mol. The normalized spacial score (nSPS) is 28.1. The lowest BCUT2D eigenvalue weighted by molar-refractivity contribution is -0.251. The van der Waals surface area contributed by atoms with Crippen LogP contribution in [0.25, 0.3) is 11.1 Å². The summed E-state index contributed by atoms with van der Waals surface area (Å²) in [5.74, 6) is 0.0278. The molecule has 5 heteroatoms. The molecule has 1 fully saturated rings. The van der Waals surface area contributed by atoms with Crippen molar-refractivity contribution in [1.82, 2.24) is 0 Å². The van der Waals surface area contributed by atoms with Crippen LogP contribution in [0.2, 0.25) is 0 Å². The fraction of sp³-hybridized carbons (Fsp3) is 0.455. The van der Waals surface area contributed by atoms with E-state index in [4.69, 9.17) is 9.47 Å². The molecular formula is C22H27FO4. The molecule has 146 valence electrons. The van der Waals surface area contributed by atoms with E-state index in [0.717, 1.165) is 29.5 Å². The van der Waals surface area contributed by atoms with E-state index in [2.05, 4.69) is 6.92 Å². The minimum Gasteiger partial charge on any atom is -0.462 e. The van der Waals surface area contributed by atoms with Gasteiger partial charge in [-0.1, -0.05) is 38.5 Å². The predicted molar refractivity (Wildman–Crippen MR) is 102 cm³/mol. The summed E-state index contributed by atoms with van der Waals surface area (Å²) in [7, 11) is 0. The Hall–Kier alpha value is -1.95. The summed E-state index contributed by atoms with van der Waals surface area (Å²) in [5, 5.41) is 20.5. The van der Waals surface area contributed by atoms with Crippen LogP contribution in [0.5, 0.6) is 5.75 Å². The molecule has 1 aliphatic heterocycles. The van der Waals surface area contributed by atoms with Crippen molar-refractivity contribution in [1.29, 1.82) is 0 Å². The topological polar surface area (TPSA) is 58.9 Å². The standard InChI is InChI=1S/C22H27FO4/c1-4-6-15-9-10-18(12-19(15)16-7-5-8-17(23)11-16)27-22-21(25)20(24)13(2)14(3)26-22/h5,7-14,20-22,24-25H,4,6H2,1-3H3/t13-,14-,20+,21+,22-/m0/s1. The number of halogens is 1. The van der Waals surface area contributed by atoms with E-state index in [1.54, 1.807) is 6.07 Å². The predicted octanol–water partition coefficient (Wildman–Crippen LogP) is 3.93. The van der Waals surface area contributed by atoms with Crippen molar-refractivity contribution >= 4 is 0 Å². The smallest absolute Gasteiger partial charge is 0.228 e. The summed E-state index contributed by atoms with van der Waals surface area (Å²) < 4.78 is 25.3. The Labute approximate surface area is 159 Å². The van der Waals surface area contributed by atoms with Gasteiger partial charge in [-0.15, -0.1) is 0 Å². The Morgan fingerprint density at radius 2 is 1.85 bits per heavy atom. The average Bonchev–Trinajstić information content (AvgIpc) is 2.65. The van der Waals surface area contributed by atoms with Gasteiger partial charge in [-0.25, -0.2) is 4.39 Å². The van der Waals surface area contributed by atoms with E-state index in [0.29, 0.717) is 5.75 Å². The van der Waals surface area contributed by atoms with Crippen molar-refractivity contribution < 1.29 is 24.1 Å². The van der Waals surface area contributed by atoms with Crippen molar-refractivity contribution in [3.8, 4) is 16.9 Å². The number of benzene rings is 2. The van der Waals surface area contributed by atoms with Crippen LogP contribution in [0.15, 0.2) is 42.5 Å². The molecule has 5 atom stereocenters. The molecule has 3 rings (SSSR count). The van der Waals surface area contributed by atoms with Gasteiger partial charge in [0.05, 0.1) is 12.2 Å². The maximum absolute atomic E-state index is 13.7. The zero-order chi connectivity index (χ0) is 19.6. The van der Waals surface area contributed by atoms with Crippen molar-refractivity contribution in [3.63, 3.8) is 0 Å². The van der Waals surface area contributed by atoms with Gasteiger partial charge in [0.15, 0.2) is 0 Å². The van der Waals surface area contributed by atoms with Gasteiger partial charge in [0, 0.05) is 5.92 Å². The Morgan fingerprint density at radius 3 is 2.56 bits per heavy atom. The Bertz CT molecular complexity index is 779. The number of ether oxygens (including phenoxy) is 2. The largest absolute Gasteiger partial charge is 0.462 e. The lowest BCUT2D eigenvalue weighted by Crippen LogP contribution is -2.54. The summed E-state index contributed by atoms with van der Waals surface area (Å²) in [4.78, 5) is 0. The van der Waals surface area contributed by atoms with Crippen LogP contribution >= 0.6 is 0 Å². The maximum atomic E-state index is 13.7. The van der Waals surface area contributed by atoms with Crippen molar-refractivity contribution in [2.24, 2.45) is 5.92 Å². The van der Waals surface area contributed by atoms with Gasteiger partial charge in [0.25, 0.3) is 0 Å². The van der Waals surface area contributed by atoms with E-state index < -0.39 is 18.5 Å². The summed E-state index contributed by atoms with van der Waals surface area (Å²) in [5.41, 5.74) is 2.76. The quantitative estimate of drug-likeness (QED) is 0.833. The number of hydrogen-bond acceptors (Lipinski definition) is 4. The molecule has 0 radical (unpaired) electrons. The third-order valence-electron chi connectivity index (χ3n) is 5.25. The molecule has 1 heterocycles. The number of aliphatic hydroxyl groups is 2. The first-order valence-corrected chi connectivity index (χ1v) is 9.47. The van der Waals surface area contributed by atoms with E-state index in [9.17, 15) is 14.6 Å². The molecule has 2 aromatic carbocycles. The average molecular weight is 374 g/mol. The summed E-state index contributed by atoms with van der Waals surface area (Å²) in [6.07, 6.45) is -1.42. The van der Waals surface area contributed by atoms with Crippen molar-refractivity contribution in [2.45, 2.75) is 58.2 Å².